The summed E-state index contributed by atoms with van der Waals surface area (Å²) in [6.45, 7) is 2.79. The highest BCUT2D eigenvalue weighted by Crippen LogP contribution is 2.41. The van der Waals surface area contributed by atoms with E-state index in [2.05, 4.69) is 81.8 Å². The lowest BCUT2D eigenvalue weighted by molar-refractivity contribution is 0.434. The summed E-state index contributed by atoms with van der Waals surface area (Å²) in [4.78, 5) is 19.9. The molecule has 38 nitrogen and oxygen atoms in total. The fourth-order valence-electron chi connectivity index (χ4n) is 8.63. The third kappa shape index (κ3) is 15.6. The molecule has 0 aliphatic carbocycles. The molecule has 0 saturated heterocycles. The van der Waals surface area contributed by atoms with Gasteiger partial charge in [0.2, 0.25) is 46.1 Å². The number of hydrogen-bond donors (Lipinski definition) is 12. The van der Waals surface area contributed by atoms with Gasteiger partial charge in [-0.1, -0.05) is 12.1 Å². The summed E-state index contributed by atoms with van der Waals surface area (Å²) in [5.74, 6) is -2.82. The molecule has 96 heavy (non-hydrogen) atoms. The van der Waals surface area contributed by atoms with Gasteiger partial charge in [-0.05, 0) is 146 Å². The third-order valence-corrected chi connectivity index (χ3v) is 18.5. The van der Waals surface area contributed by atoms with Gasteiger partial charge in [-0.15, -0.1) is 20.5 Å². The van der Waals surface area contributed by atoms with Crippen LogP contribution in [-0.2, 0) is 60.7 Å². The smallest absolute Gasteiger partial charge is 0.296 e. The molecule has 4 aromatic heterocycles. The van der Waals surface area contributed by atoms with E-state index in [1.807, 2.05) is 0 Å². The maximum Gasteiger partial charge on any atom is 0.296 e. The Morgan fingerprint density at radius 3 is 0.948 bits per heavy atom. The summed E-state index contributed by atoms with van der Waals surface area (Å²) in [6.07, 6.45) is 0. The van der Waals surface area contributed by atoms with Crippen LogP contribution in [0.3, 0.4) is 0 Å². The molecular weight excluding hydrogens is 1440 g/mol. The number of nitrogens with zero attached hydrogens (tertiary/aromatic N) is 14. The van der Waals surface area contributed by atoms with E-state index in [1.165, 1.54) is 50.2 Å². The number of azo groups is 2. The molecule has 0 amide bonds. The fraction of sp³-hybridized carbons (Fsp3) is 0.0400. The summed E-state index contributed by atoms with van der Waals surface area (Å²) >= 11 is 12.5. The molecule has 0 fully saturated rings. The maximum atomic E-state index is 13.1. The van der Waals surface area contributed by atoms with E-state index in [-0.39, 0.29) is 68.8 Å². The average molecular weight is 1470 g/mol. The molecule has 0 saturated carbocycles. The second-order valence-corrected chi connectivity index (χ2v) is 28.4. The first-order chi connectivity index (χ1) is 44.8. The lowest BCUT2D eigenvalue weighted by atomic mass is 10.0. The maximum absolute atomic E-state index is 13.1. The van der Waals surface area contributed by atoms with Gasteiger partial charge in [-0.3, -0.25) is 27.3 Å². The Hall–Kier alpha value is -10.2. The van der Waals surface area contributed by atoms with Crippen molar-refractivity contribution in [2.75, 3.05) is 21.3 Å². The van der Waals surface area contributed by atoms with Crippen molar-refractivity contribution in [2.24, 2.45) is 20.5 Å². The van der Waals surface area contributed by atoms with E-state index >= 15 is 0 Å². The largest absolute Gasteiger partial charge is 0.492 e. The Morgan fingerprint density at radius 1 is 0.365 bits per heavy atom. The van der Waals surface area contributed by atoms with Crippen LogP contribution in [0, 0.1) is 13.8 Å². The highest BCUT2D eigenvalue weighted by molar-refractivity contribution is 7.87. The number of aromatic hydroxyl groups is 2. The molecule has 12 N–H and O–H groups in total. The van der Waals surface area contributed by atoms with Gasteiger partial charge in [0.25, 0.3) is 60.7 Å². The van der Waals surface area contributed by atoms with E-state index in [9.17, 15) is 88.0 Å². The van der Waals surface area contributed by atoms with E-state index in [0.29, 0.717) is 0 Å². The minimum Gasteiger partial charge on any atom is -0.492 e. The minimum atomic E-state index is -5.30. The standard InChI is InChI=1S/C50H38Cl2N18O20S6/c1-23-41(43(71)69(67-23)29-7-11-31(12-8-29)91(73,74)75)65-63-35-19-25(5-17-37(35)93(79,80)81)53-47-57-45(51)59-49(61-47)55-27-3-15-33(39(21-27)95(85,86)87)34-16-4-28(22-40(34)96(88,89)90)56-50-60-46(52)58-48(62-50)54-26-6-18-38(94(82,83)84)36(20-26)64-66-42-24(2)68-70(44(42)72)30-9-13-32(14-10-30)92(76,77)78/h3-22,71-72H,1-2H3,(H,73,74,75)(H,76,77,78)(H,79,80,81)(H,82,83,84)(H,85,86,87)(H,88,89,90)(H2,53,55,57,59,61)(H2,54,56,58,60,62)/b65-63+,66-64+. The monoisotopic (exact) mass is 1470 g/mol. The molecule has 6 aromatic carbocycles. The van der Waals surface area contributed by atoms with Crippen molar-refractivity contribution in [1.29, 1.82) is 0 Å². The predicted octanol–water partition coefficient (Wildman–Crippen LogP) is 8.72. The number of nitrogens with one attached hydrogen (secondary N) is 4. The second-order valence-electron chi connectivity index (χ2n) is 19.4. The molecule has 46 heteroatoms. The first kappa shape index (κ1) is 68.7. The molecular formula is C50H38Cl2N18O20S6. The zero-order valence-electron chi connectivity index (χ0n) is 47.5. The van der Waals surface area contributed by atoms with E-state index < -0.39 is 147 Å². The lowest BCUT2D eigenvalue weighted by Gasteiger charge is -2.15. The van der Waals surface area contributed by atoms with E-state index in [4.69, 9.17) is 23.2 Å². The number of aromatic nitrogens is 10. The van der Waals surface area contributed by atoms with Crippen molar-refractivity contribution in [2.45, 2.75) is 43.2 Å². The van der Waals surface area contributed by atoms with Gasteiger partial charge in [0.15, 0.2) is 11.4 Å². The van der Waals surface area contributed by atoms with E-state index in [1.54, 1.807) is 0 Å². The Balaban J connectivity index is 0.878. The first-order valence-electron chi connectivity index (χ1n) is 25.7. The topological polar surface area (TPSA) is 577 Å². The number of aryl methyl sites for hydroxylation is 2. The van der Waals surface area contributed by atoms with Crippen molar-refractivity contribution >= 4 is 153 Å². The van der Waals surface area contributed by atoms with Crippen LogP contribution in [0.2, 0.25) is 10.6 Å². The highest BCUT2D eigenvalue weighted by Gasteiger charge is 2.27. The van der Waals surface area contributed by atoms with Gasteiger partial charge < -0.3 is 31.5 Å². The molecule has 0 spiro atoms. The Bertz CT molecular complexity index is 5290. The van der Waals surface area contributed by atoms with Crippen LogP contribution in [0.15, 0.2) is 171 Å². The van der Waals surface area contributed by atoms with Crippen molar-refractivity contribution in [3.63, 3.8) is 0 Å². The van der Waals surface area contributed by atoms with Crippen LogP contribution < -0.4 is 21.3 Å². The zero-order chi connectivity index (χ0) is 69.8. The van der Waals surface area contributed by atoms with Gasteiger partial charge >= 0.3 is 0 Å². The molecule has 0 radical (unpaired) electrons. The van der Waals surface area contributed by atoms with Crippen molar-refractivity contribution in [3.05, 3.63) is 143 Å². The summed E-state index contributed by atoms with van der Waals surface area (Å²) in [7, 11) is -29.7. The fourth-order valence-corrected chi connectivity index (χ4v) is 12.6. The van der Waals surface area contributed by atoms with E-state index in [0.717, 1.165) is 94.3 Å². The molecule has 4 heterocycles. The number of anilines is 8. The van der Waals surface area contributed by atoms with Crippen LogP contribution >= 0.6 is 23.2 Å². The van der Waals surface area contributed by atoms with Crippen molar-refractivity contribution in [3.8, 4) is 34.3 Å². The second kappa shape index (κ2) is 25.8. The summed E-state index contributed by atoms with van der Waals surface area (Å²) < 4.78 is 210. The molecule has 0 aliphatic rings. The SMILES string of the molecule is Cc1nn(-c2ccc(S(=O)(=O)O)cc2)c(O)c1/N=N/c1cc(Nc2nc(Cl)nc(Nc3ccc(-c4ccc(Nc5nc(Cl)nc(Nc6ccc(S(=O)(=O)O)c(/N=N/c7c(C)nn(-c8ccc(S(=O)(=O)O)cc8)c7O)c6)n5)cc4S(=O)(=O)O)c(S(=O)(=O)O)c3)n2)ccc1S(=O)(=O)O. The van der Waals surface area contributed by atoms with Crippen LogP contribution in [0.25, 0.3) is 22.5 Å². The minimum absolute atomic E-state index is 0.0347. The van der Waals surface area contributed by atoms with Gasteiger partial charge in [0, 0.05) is 33.9 Å². The quantitative estimate of drug-likeness (QED) is 0.0236. The Morgan fingerprint density at radius 2 is 0.656 bits per heavy atom. The van der Waals surface area contributed by atoms with Gasteiger partial charge in [-0.25, -0.2) is 0 Å². The van der Waals surface area contributed by atoms with Crippen LogP contribution in [0.4, 0.5) is 69.3 Å². The van der Waals surface area contributed by atoms with Gasteiger partial charge in [-0.2, -0.15) is 100.0 Å². The molecule has 0 atom stereocenters. The molecule has 10 rings (SSSR count). The highest BCUT2D eigenvalue weighted by atomic mass is 35.5. The zero-order valence-corrected chi connectivity index (χ0v) is 53.9. The lowest BCUT2D eigenvalue weighted by Crippen LogP contribution is -2.08. The van der Waals surface area contributed by atoms with Gasteiger partial charge in [0.05, 0.1) is 32.6 Å². The normalized spacial score (nSPS) is 12.6. The van der Waals surface area contributed by atoms with Crippen LogP contribution in [-0.4, -0.2) is 138 Å². The van der Waals surface area contributed by atoms with Crippen LogP contribution in [0.5, 0.6) is 11.8 Å². The number of hydrogen-bond acceptors (Lipinski definition) is 30. The first-order valence-corrected chi connectivity index (χ1v) is 35.1. The van der Waals surface area contributed by atoms with Crippen molar-refractivity contribution in [1.82, 2.24) is 49.5 Å². The van der Waals surface area contributed by atoms with Gasteiger partial charge in [0.1, 0.15) is 31.0 Å². The molecule has 0 bridgehead atoms. The summed E-state index contributed by atoms with van der Waals surface area (Å²) in [6, 6.07) is 21.3. The third-order valence-electron chi connectivity index (χ3n) is 12.8. The number of rotatable bonds is 21. The molecule has 0 aliphatic heterocycles. The Labute approximate surface area is 549 Å². The number of benzene rings is 6. The molecule has 10 aromatic rings. The summed E-state index contributed by atoms with van der Waals surface area (Å²) in [5, 5.41) is 55.7. The molecule has 498 valence electrons. The number of halogens is 2. The Kier molecular flexibility index (Phi) is 18.5. The molecule has 0 unspecified atom stereocenters. The predicted molar refractivity (Wildman–Crippen MR) is 335 cm³/mol. The van der Waals surface area contributed by atoms with Crippen LogP contribution in [0.1, 0.15) is 11.4 Å². The average Bonchev–Trinajstić information content (AvgIpc) is 0.872. The van der Waals surface area contributed by atoms with Crippen molar-refractivity contribution < 1.29 is 88.0 Å². The summed E-state index contributed by atoms with van der Waals surface area (Å²) in [5.41, 5.74) is -2.77.